The Morgan fingerprint density at radius 1 is 0.647 bits per heavy atom. The smallest absolute Gasteiger partial charge is 0.156 e. The van der Waals surface area contributed by atoms with Gasteiger partial charge in [0.05, 0.1) is 5.84 Å². The predicted octanol–water partition coefficient (Wildman–Crippen LogP) is 6.41. The molecule has 0 aromatic rings. The van der Waals surface area contributed by atoms with Crippen molar-refractivity contribution in [3.8, 4) is 0 Å². The van der Waals surface area contributed by atoms with Gasteiger partial charge in [0.2, 0.25) is 0 Å². The van der Waals surface area contributed by atoms with Crippen LogP contribution in [0.4, 0.5) is 0 Å². The van der Waals surface area contributed by atoms with E-state index >= 15 is 0 Å². The van der Waals surface area contributed by atoms with Crippen LogP contribution in [0, 0.1) is 35.5 Å². The maximum Gasteiger partial charge on any atom is 0.156 e. The highest BCUT2D eigenvalue weighted by Gasteiger charge is 2.52. The second-order valence-corrected chi connectivity index (χ2v) is 14.4. The number of hydrogen-bond acceptors (Lipinski definition) is 3. The Bertz CT molecular complexity index is 731. The average Bonchev–Trinajstić information content (AvgIpc) is 2.75. The Kier molecular flexibility index (Phi) is 6.71. The fraction of sp³-hybridized carbons (Fsp3) is 0.931. The Balaban J connectivity index is 0.908. The average molecular weight is 485 g/mol. The molecule has 8 rings (SSSR count). The molecule has 5 heteroatoms. The van der Waals surface area contributed by atoms with Crippen molar-refractivity contribution in [1.29, 1.82) is 0 Å². The molecule has 2 N–H and O–H groups in total. The minimum absolute atomic E-state index is 0.381. The van der Waals surface area contributed by atoms with E-state index in [0.29, 0.717) is 11.1 Å². The summed E-state index contributed by atoms with van der Waals surface area (Å²) in [7, 11) is 0. The Morgan fingerprint density at radius 2 is 1.06 bits per heavy atom. The summed E-state index contributed by atoms with van der Waals surface area (Å²) in [6.45, 7) is 4.14. The van der Waals surface area contributed by atoms with Crippen LogP contribution in [-0.2, 0) is 0 Å². The molecule has 0 radical (unpaired) electrons. The van der Waals surface area contributed by atoms with Crippen LogP contribution < -0.4 is 10.6 Å². The Morgan fingerprint density at radius 3 is 1.50 bits per heavy atom. The van der Waals surface area contributed by atoms with Gasteiger partial charge in [-0.15, -0.1) is 0 Å². The van der Waals surface area contributed by atoms with Crippen molar-refractivity contribution in [2.24, 2.45) is 45.5 Å². The first kappa shape index (κ1) is 23.7. The summed E-state index contributed by atoms with van der Waals surface area (Å²) in [6, 6.07) is 0. The first-order chi connectivity index (χ1) is 16.5. The molecule has 0 aromatic heterocycles. The maximum absolute atomic E-state index is 4.99. The third kappa shape index (κ3) is 5.06. The van der Waals surface area contributed by atoms with Gasteiger partial charge in [0.25, 0.3) is 0 Å². The topological polar surface area (TPSA) is 48.8 Å². The van der Waals surface area contributed by atoms with Crippen molar-refractivity contribution in [3.05, 3.63) is 0 Å². The highest BCUT2D eigenvalue weighted by Crippen LogP contribution is 2.56. The van der Waals surface area contributed by atoms with E-state index in [1.807, 2.05) is 11.8 Å². The number of nitrogens with one attached hydrogen (secondary N) is 2. The molecule has 8 aliphatic rings. The van der Waals surface area contributed by atoms with Crippen molar-refractivity contribution >= 4 is 22.8 Å². The van der Waals surface area contributed by atoms with E-state index in [1.54, 1.807) is 0 Å². The number of rotatable bonds is 8. The van der Waals surface area contributed by atoms with Crippen LogP contribution in [0.15, 0.2) is 9.98 Å². The Hall–Kier alpha value is -0.710. The molecule has 0 aromatic carbocycles. The molecule has 0 heterocycles. The van der Waals surface area contributed by atoms with Gasteiger partial charge in [0, 0.05) is 24.2 Å². The quantitative estimate of drug-likeness (QED) is 0.238. The van der Waals surface area contributed by atoms with Crippen molar-refractivity contribution in [1.82, 2.24) is 10.6 Å². The van der Waals surface area contributed by atoms with Gasteiger partial charge in [-0.05, 0) is 145 Å². The van der Waals surface area contributed by atoms with Gasteiger partial charge in [-0.1, -0.05) is 11.8 Å². The molecule has 8 aliphatic carbocycles. The van der Waals surface area contributed by atoms with Crippen molar-refractivity contribution in [3.63, 3.8) is 0 Å². The van der Waals surface area contributed by atoms with E-state index in [1.165, 1.54) is 107 Å². The molecule has 0 spiro atoms. The minimum Gasteiger partial charge on any atom is -0.369 e. The van der Waals surface area contributed by atoms with Gasteiger partial charge in [-0.25, -0.2) is 0 Å². The van der Waals surface area contributed by atoms with Gasteiger partial charge in [0.15, 0.2) is 5.17 Å². The molecular formula is C29H48N4S. The van der Waals surface area contributed by atoms with Gasteiger partial charge in [-0.2, -0.15) is 0 Å². The normalized spacial score (nSPS) is 44.6. The molecule has 190 valence electrons. The van der Waals surface area contributed by atoms with Gasteiger partial charge in [-0.3, -0.25) is 9.98 Å². The lowest BCUT2D eigenvalue weighted by Crippen LogP contribution is -2.59. The van der Waals surface area contributed by atoms with E-state index in [4.69, 9.17) is 9.98 Å². The molecule has 8 bridgehead atoms. The zero-order valence-corrected chi connectivity index (χ0v) is 22.6. The first-order valence-electron chi connectivity index (χ1n) is 14.7. The van der Waals surface area contributed by atoms with Gasteiger partial charge in [0.1, 0.15) is 0 Å². The van der Waals surface area contributed by atoms with E-state index in [9.17, 15) is 0 Å². The van der Waals surface area contributed by atoms with Crippen molar-refractivity contribution < 1.29 is 0 Å². The SMILES string of the molecule is CSC(=NCCCCCN=C(C)NC12CC3CC(CC(C3)C1)C2)NC12CC3CC(CC(C3)C1)C2. The number of nitrogens with zero attached hydrogens (tertiary/aromatic N) is 2. The standard InChI is InChI=1S/C29H48N4S/c1-20(32-28-14-21-8-22(15-28)10-23(9-21)16-28)30-6-4-3-5-7-31-27(34-2)33-29-17-24-11-25(18-29)13-26(12-24)19-29/h21-26H,3-19H2,1-2H3,(H,30,32)(H,31,33). The second kappa shape index (κ2) is 9.63. The lowest BCUT2D eigenvalue weighted by Gasteiger charge is -2.57. The fourth-order valence-electron chi connectivity index (χ4n) is 10.2. The van der Waals surface area contributed by atoms with Crippen LogP contribution in [0.25, 0.3) is 0 Å². The highest BCUT2D eigenvalue weighted by molar-refractivity contribution is 8.13. The minimum atomic E-state index is 0.381. The Labute approximate surface area is 212 Å². The predicted molar refractivity (Wildman–Crippen MR) is 146 cm³/mol. The lowest BCUT2D eigenvalue weighted by molar-refractivity contribution is -0.0102. The molecule has 0 unspecified atom stereocenters. The summed E-state index contributed by atoms with van der Waals surface area (Å²) < 4.78 is 0. The van der Waals surface area contributed by atoms with Gasteiger partial charge >= 0.3 is 0 Å². The van der Waals surface area contributed by atoms with E-state index < -0.39 is 0 Å². The lowest BCUT2D eigenvalue weighted by atomic mass is 9.53. The fourth-order valence-corrected chi connectivity index (χ4v) is 10.7. The number of hydrogen-bond donors (Lipinski definition) is 2. The third-order valence-electron chi connectivity index (χ3n) is 10.5. The van der Waals surface area contributed by atoms with E-state index in [2.05, 4.69) is 23.8 Å². The van der Waals surface area contributed by atoms with Crippen LogP contribution in [0.3, 0.4) is 0 Å². The van der Waals surface area contributed by atoms with Crippen LogP contribution in [0.5, 0.6) is 0 Å². The van der Waals surface area contributed by atoms with Crippen LogP contribution in [-0.4, -0.2) is 41.4 Å². The summed E-state index contributed by atoms with van der Waals surface area (Å²) >= 11 is 1.83. The van der Waals surface area contributed by atoms with E-state index in [0.717, 1.165) is 48.6 Å². The molecule has 4 nitrogen and oxygen atoms in total. The molecule has 0 atom stereocenters. The zero-order chi connectivity index (χ0) is 23.2. The first-order valence-corrected chi connectivity index (χ1v) is 15.9. The molecule has 0 aliphatic heterocycles. The molecule has 34 heavy (non-hydrogen) atoms. The molecule has 0 saturated heterocycles. The summed E-state index contributed by atoms with van der Waals surface area (Å²) in [5.74, 6) is 7.15. The summed E-state index contributed by atoms with van der Waals surface area (Å²) in [4.78, 5) is 9.92. The van der Waals surface area contributed by atoms with Crippen molar-refractivity contribution in [2.45, 2.75) is 114 Å². The summed E-state index contributed by atoms with van der Waals surface area (Å²) in [6.07, 6.45) is 23.2. The number of aliphatic imine (C=N–C) groups is 2. The molecule has 0 amide bonds. The number of thioether (sulfide) groups is 1. The summed E-state index contributed by atoms with van der Waals surface area (Å²) in [5, 5.41) is 9.11. The zero-order valence-electron chi connectivity index (χ0n) is 21.8. The van der Waals surface area contributed by atoms with Crippen LogP contribution in [0.2, 0.25) is 0 Å². The highest BCUT2D eigenvalue weighted by atomic mass is 32.2. The molecule has 8 saturated carbocycles. The summed E-state index contributed by atoms with van der Waals surface area (Å²) in [5.41, 5.74) is 0.779. The molecular weight excluding hydrogens is 436 g/mol. The number of amidine groups is 2. The maximum atomic E-state index is 4.99. The third-order valence-corrected chi connectivity index (χ3v) is 11.1. The largest absolute Gasteiger partial charge is 0.369 e. The number of unbranched alkanes of at least 4 members (excludes halogenated alkanes) is 2. The monoisotopic (exact) mass is 484 g/mol. The molecule has 8 fully saturated rings. The second-order valence-electron chi connectivity index (χ2n) is 13.6. The van der Waals surface area contributed by atoms with Crippen LogP contribution in [0.1, 0.15) is 103 Å². The van der Waals surface area contributed by atoms with Crippen molar-refractivity contribution in [2.75, 3.05) is 19.3 Å². The van der Waals surface area contributed by atoms with E-state index in [-0.39, 0.29) is 0 Å². The van der Waals surface area contributed by atoms with Gasteiger partial charge < -0.3 is 10.6 Å². The van der Waals surface area contributed by atoms with Crippen LogP contribution >= 0.6 is 11.8 Å².